The zero-order valence-corrected chi connectivity index (χ0v) is 16.4. The monoisotopic (exact) mass is 427 g/mol. The van der Waals surface area contributed by atoms with Crippen molar-refractivity contribution in [2.24, 2.45) is 0 Å². The number of benzene rings is 2. The molecule has 0 radical (unpaired) electrons. The van der Waals surface area contributed by atoms with E-state index in [0.29, 0.717) is 16.0 Å². The lowest BCUT2D eigenvalue weighted by atomic mass is 10.1. The standard InChI is InChI=1S/C18H10ClN5O2S2/c19-15-12-3-1-2-4-14(12)28-16(15)17-20-21-18-23(17)22-13(9-27-18)10-5-7-11(8-6-10)24(25)26/h1-9,22H. The summed E-state index contributed by atoms with van der Waals surface area (Å²) in [6.45, 7) is 0. The van der Waals surface area contributed by atoms with Gasteiger partial charge in [-0.1, -0.05) is 41.6 Å². The van der Waals surface area contributed by atoms with Gasteiger partial charge in [0.2, 0.25) is 5.16 Å². The molecule has 2 aromatic carbocycles. The van der Waals surface area contributed by atoms with Crippen molar-refractivity contribution in [2.45, 2.75) is 5.16 Å². The smallest absolute Gasteiger partial charge is 0.269 e. The predicted octanol–water partition coefficient (Wildman–Crippen LogP) is 5.37. The largest absolute Gasteiger partial charge is 0.289 e. The first-order valence-corrected chi connectivity index (χ1v) is 10.2. The van der Waals surface area contributed by atoms with E-state index in [4.69, 9.17) is 11.6 Å². The Kier molecular flexibility index (Phi) is 4.08. The minimum Gasteiger partial charge on any atom is -0.289 e. The number of aromatic nitrogens is 3. The van der Waals surface area contributed by atoms with Crippen molar-refractivity contribution in [1.82, 2.24) is 14.9 Å². The molecular formula is C18H10ClN5O2S2. The van der Waals surface area contributed by atoms with Crippen molar-refractivity contribution >= 4 is 56.2 Å². The first kappa shape index (κ1) is 17.2. The van der Waals surface area contributed by atoms with Gasteiger partial charge in [0.1, 0.15) is 0 Å². The molecule has 3 heterocycles. The van der Waals surface area contributed by atoms with Gasteiger partial charge in [-0.05, 0) is 18.2 Å². The van der Waals surface area contributed by atoms with Crippen molar-refractivity contribution in [2.75, 3.05) is 5.43 Å². The number of nitrogens with zero attached hydrogens (tertiary/aromatic N) is 4. The fourth-order valence-electron chi connectivity index (χ4n) is 2.91. The minimum absolute atomic E-state index is 0.0514. The van der Waals surface area contributed by atoms with E-state index >= 15 is 0 Å². The SMILES string of the molecule is O=[N+]([O-])c1ccc(C2=CSc3nnc(-c4sc5ccccc5c4Cl)n3N2)cc1. The van der Waals surface area contributed by atoms with Crippen LogP contribution in [0.15, 0.2) is 59.1 Å². The van der Waals surface area contributed by atoms with Crippen LogP contribution in [0.1, 0.15) is 5.56 Å². The summed E-state index contributed by atoms with van der Waals surface area (Å²) in [5, 5.41) is 23.6. The van der Waals surface area contributed by atoms with Gasteiger partial charge in [-0.3, -0.25) is 15.5 Å². The summed E-state index contributed by atoms with van der Waals surface area (Å²) in [4.78, 5) is 11.3. The Morgan fingerprint density at radius 1 is 1.11 bits per heavy atom. The van der Waals surface area contributed by atoms with E-state index in [1.165, 1.54) is 23.9 Å². The maximum absolute atomic E-state index is 10.9. The van der Waals surface area contributed by atoms with Crippen LogP contribution >= 0.6 is 34.7 Å². The number of hydrogen-bond donors (Lipinski definition) is 1. The zero-order valence-electron chi connectivity index (χ0n) is 14.0. The second-order valence-electron chi connectivity index (χ2n) is 5.95. The van der Waals surface area contributed by atoms with E-state index in [1.54, 1.807) is 28.1 Å². The van der Waals surface area contributed by atoms with Gasteiger partial charge < -0.3 is 0 Å². The Bertz CT molecular complexity index is 1260. The molecular weight excluding hydrogens is 418 g/mol. The summed E-state index contributed by atoms with van der Waals surface area (Å²) in [5.41, 5.74) is 4.96. The third kappa shape index (κ3) is 2.75. The Balaban J connectivity index is 1.53. The number of hydrogen-bond acceptors (Lipinski definition) is 7. The third-order valence-corrected chi connectivity index (χ3v) is 6.77. The van der Waals surface area contributed by atoms with E-state index in [9.17, 15) is 10.1 Å². The molecule has 7 nitrogen and oxygen atoms in total. The van der Waals surface area contributed by atoms with Crippen LogP contribution in [0.3, 0.4) is 0 Å². The Morgan fingerprint density at radius 3 is 2.64 bits per heavy atom. The molecule has 0 atom stereocenters. The number of thiophene rings is 1. The summed E-state index contributed by atoms with van der Waals surface area (Å²) < 4.78 is 2.87. The van der Waals surface area contributed by atoms with E-state index in [1.807, 2.05) is 29.7 Å². The van der Waals surface area contributed by atoms with Gasteiger partial charge in [-0.2, -0.15) is 0 Å². The number of nitro benzene ring substituents is 1. The fourth-order valence-corrected chi connectivity index (χ4v) is 5.13. The highest BCUT2D eigenvalue weighted by Gasteiger charge is 2.23. The van der Waals surface area contributed by atoms with Crippen molar-refractivity contribution in [3.63, 3.8) is 0 Å². The molecule has 5 rings (SSSR count). The molecule has 2 aromatic heterocycles. The van der Waals surface area contributed by atoms with Crippen LogP contribution in [0.5, 0.6) is 0 Å². The number of nitro groups is 1. The van der Waals surface area contributed by atoms with E-state index in [2.05, 4.69) is 15.6 Å². The molecule has 1 aliphatic heterocycles. The molecule has 0 saturated heterocycles. The average Bonchev–Trinajstić information content (AvgIpc) is 3.28. The van der Waals surface area contributed by atoms with Crippen molar-refractivity contribution in [3.8, 4) is 10.7 Å². The van der Waals surface area contributed by atoms with E-state index < -0.39 is 4.92 Å². The van der Waals surface area contributed by atoms with Gasteiger partial charge in [-0.25, -0.2) is 4.68 Å². The van der Waals surface area contributed by atoms with Crippen LogP contribution in [0.4, 0.5) is 5.69 Å². The summed E-state index contributed by atoms with van der Waals surface area (Å²) in [5.74, 6) is 0.626. The average molecular weight is 428 g/mol. The Labute approximate surface area is 171 Å². The zero-order chi connectivity index (χ0) is 19.3. The third-order valence-electron chi connectivity index (χ3n) is 4.27. The van der Waals surface area contributed by atoms with Gasteiger partial charge in [-0.15, -0.1) is 21.5 Å². The molecule has 0 fully saturated rings. The molecule has 28 heavy (non-hydrogen) atoms. The van der Waals surface area contributed by atoms with Gasteiger partial charge in [0.25, 0.3) is 5.69 Å². The van der Waals surface area contributed by atoms with Gasteiger partial charge in [0.15, 0.2) is 5.82 Å². The van der Waals surface area contributed by atoms with Crippen LogP contribution in [-0.4, -0.2) is 19.8 Å². The summed E-state index contributed by atoms with van der Waals surface area (Å²) in [6.07, 6.45) is 0. The molecule has 0 bridgehead atoms. The molecule has 0 spiro atoms. The lowest BCUT2D eigenvalue weighted by molar-refractivity contribution is -0.384. The van der Waals surface area contributed by atoms with Crippen molar-refractivity contribution < 1.29 is 4.92 Å². The number of thioether (sulfide) groups is 1. The van der Waals surface area contributed by atoms with Crippen LogP contribution in [-0.2, 0) is 0 Å². The van der Waals surface area contributed by atoms with Crippen LogP contribution in [0.25, 0.3) is 26.5 Å². The molecule has 4 aromatic rings. The maximum atomic E-state index is 10.9. The Morgan fingerprint density at radius 2 is 1.89 bits per heavy atom. The van der Waals surface area contributed by atoms with Crippen LogP contribution in [0.2, 0.25) is 5.02 Å². The number of rotatable bonds is 3. The molecule has 10 heteroatoms. The van der Waals surface area contributed by atoms with Crippen molar-refractivity contribution in [3.05, 3.63) is 74.6 Å². The number of fused-ring (bicyclic) bond motifs is 2. The lowest BCUT2D eigenvalue weighted by Crippen LogP contribution is -2.18. The normalized spacial score (nSPS) is 13.1. The van der Waals surface area contributed by atoms with Gasteiger partial charge in [0, 0.05) is 33.2 Å². The first-order valence-electron chi connectivity index (χ1n) is 8.13. The lowest BCUT2D eigenvalue weighted by Gasteiger charge is -2.18. The number of halogens is 1. The summed E-state index contributed by atoms with van der Waals surface area (Å²) >= 11 is 9.59. The maximum Gasteiger partial charge on any atom is 0.269 e. The fraction of sp³-hybridized carbons (Fsp3) is 0. The molecule has 138 valence electrons. The Hall–Kier alpha value is -2.88. The number of nitrogens with one attached hydrogen (secondary N) is 1. The number of non-ortho nitro benzene ring substituents is 1. The molecule has 0 unspecified atom stereocenters. The first-order chi connectivity index (χ1) is 13.6. The second-order valence-corrected chi connectivity index (χ2v) is 8.21. The highest BCUT2D eigenvalue weighted by Crippen LogP contribution is 2.42. The second kappa shape index (κ2) is 6.62. The topological polar surface area (TPSA) is 85.9 Å². The quantitative estimate of drug-likeness (QED) is 0.349. The minimum atomic E-state index is -0.416. The molecule has 1 aliphatic rings. The predicted molar refractivity (Wildman–Crippen MR) is 112 cm³/mol. The van der Waals surface area contributed by atoms with Crippen LogP contribution < -0.4 is 5.43 Å². The van der Waals surface area contributed by atoms with E-state index in [-0.39, 0.29) is 5.69 Å². The highest BCUT2D eigenvalue weighted by molar-refractivity contribution is 8.02. The molecule has 0 saturated carbocycles. The summed E-state index contributed by atoms with van der Waals surface area (Å²) in [7, 11) is 0. The molecule has 0 aliphatic carbocycles. The van der Waals surface area contributed by atoms with Gasteiger partial charge >= 0.3 is 0 Å². The highest BCUT2D eigenvalue weighted by atomic mass is 35.5. The molecule has 0 amide bonds. The molecule has 1 N–H and O–H groups in total. The summed E-state index contributed by atoms with van der Waals surface area (Å²) in [6, 6.07) is 14.3. The van der Waals surface area contributed by atoms with Gasteiger partial charge in [0.05, 0.1) is 20.5 Å². The van der Waals surface area contributed by atoms with Crippen molar-refractivity contribution in [1.29, 1.82) is 0 Å². The van der Waals surface area contributed by atoms with E-state index in [0.717, 1.165) is 26.2 Å². The van der Waals surface area contributed by atoms with Crippen LogP contribution in [0, 0.1) is 10.1 Å².